The molecule has 96 valence electrons. The molecule has 0 saturated heterocycles. The molecule has 0 amide bonds. The second-order valence-electron chi connectivity index (χ2n) is 4.26. The van der Waals surface area contributed by atoms with Gasteiger partial charge in [0.05, 0.1) is 0 Å². The van der Waals surface area contributed by atoms with Crippen LogP contribution in [0.4, 0.5) is 5.69 Å². The summed E-state index contributed by atoms with van der Waals surface area (Å²) in [6.45, 7) is 0.471. The number of nitrogens with two attached hydrogens (primary N) is 1. The number of ether oxygens (including phenoxy) is 1. The Balaban J connectivity index is 1.84. The standard InChI is InChI=1S/C15H13NO2S/c16-13-2-1-3-14-15(13)10(9-19-14)8-18-12-6-4-11(17)5-7-12/h1-7,9,17H,8,16H2. The predicted octanol–water partition coefficient (Wildman–Crippen LogP) is 3.77. The van der Waals surface area contributed by atoms with Crippen LogP contribution in [0.5, 0.6) is 11.5 Å². The van der Waals surface area contributed by atoms with Gasteiger partial charge in [-0.3, -0.25) is 0 Å². The van der Waals surface area contributed by atoms with Gasteiger partial charge in [-0.1, -0.05) is 6.07 Å². The van der Waals surface area contributed by atoms with Crippen LogP contribution in [-0.2, 0) is 6.61 Å². The molecule has 1 aromatic heterocycles. The molecule has 3 rings (SSSR count). The van der Waals surface area contributed by atoms with Crippen LogP contribution in [0.2, 0.25) is 0 Å². The van der Waals surface area contributed by atoms with E-state index in [0.29, 0.717) is 6.61 Å². The zero-order valence-corrected chi connectivity index (χ0v) is 11.0. The number of anilines is 1. The minimum Gasteiger partial charge on any atom is -0.508 e. The zero-order valence-electron chi connectivity index (χ0n) is 10.2. The maximum Gasteiger partial charge on any atom is 0.120 e. The van der Waals surface area contributed by atoms with Crippen molar-refractivity contribution in [1.82, 2.24) is 0 Å². The number of phenolic OH excluding ortho intramolecular Hbond substituents is 1. The van der Waals surface area contributed by atoms with Crippen LogP contribution in [0.25, 0.3) is 10.1 Å². The first kappa shape index (κ1) is 11.9. The molecule has 0 aliphatic heterocycles. The molecule has 3 nitrogen and oxygen atoms in total. The maximum absolute atomic E-state index is 9.22. The maximum atomic E-state index is 9.22. The second-order valence-corrected chi connectivity index (χ2v) is 5.18. The van der Waals surface area contributed by atoms with Gasteiger partial charge in [-0.05, 0) is 41.8 Å². The molecule has 19 heavy (non-hydrogen) atoms. The molecular formula is C15H13NO2S. The van der Waals surface area contributed by atoms with Gasteiger partial charge in [-0.15, -0.1) is 11.3 Å². The van der Waals surface area contributed by atoms with Gasteiger partial charge in [0.15, 0.2) is 0 Å². The van der Waals surface area contributed by atoms with E-state index in [9.17, 15) is 5.11 Å². The van der Waals surface area contributed by atoms with E-state index in [1.807, 2.05) is 12.1 Å². The Labute approximate surface area is 114 Å². The smallest absolute Gasteiger partial charge is 0.120 e. The third-order valence-electron chi connectivity index (χ3n) is 2.94. The fourth-order valence-corrected chi connectivity index (χ4v) is 2.97. The highest BCUT2D eigenvalue weighted by Crippen LogP contribution is 2.31. The van der Waals surface area contributed by atoms with Crippen molar-refractivity contribution in [2.75, 3.05) is 5.73 Å². The van der Waals surface area contributed by atoms with E-state index in [1.165, 1.54) is 4.70 Å². The average Bonchev–Trinajstić information content (AvgIpc) is 2.83. The van der Waals surface area contributed by atoms with Crippen LogP contribution < -0.4 is 10.5 Å². The molecule has 0 aliphatic rings. The lowest BCUT2D eigenvalue weighted by Gasteiger charge is -2.06. The summed E-state index contributed by atoms with van der Waals surface area (Å²) in [7, 11) is 0. The number of thiophene rings is 1. The molecule has 0 spiro atoms. The fourth-order valence-electron chi connectivity index (χ4n) is 1.99. The quantitative estimate of drug-likeness (QED) is 0.713. The monoisotopic (exact) mass is 271 g/mol. The van der Waals surface area contributed by atoms with Crippen molar-refractivity contribution in [2.45, 2.75) is 6.61 Å². The van der Waals surface area contributed by atoms with Crippen LogP contribution in [0, 0.1) is 0 Å². The van der Waals surface area contributed by atoms with E-state index in [2.05, 4.69) is 11.4 Å². The van der Waals surface area contributed by atoms with Crippen LogP contribution in [0.3, 0.4) is 0 Å². The highest BCUT2D eigenvalue weighted by atomic mass is 32.1. The molecule has 0 atom stereocenters. The van der Waals surface area contributed by atoms with Crippen LogP contribution in [-0.4, -0.2) is 5.11 Å². The molecule has 3 aromatic rings. The summed E-state index contributed by atoms with van der Waals surface area (Å²) in [6, 6.07) is 12.6. The molecule has 2 aromatic carbocycles. The topological polar surface area (TPSA) is 55.5 Å². The van der Waals surface area contributed by atoms with Gasteiger partial charge in [0, 0.05) is 21.3 Å². The Bertz CT molecular complexity index is 704. The van der Waals surface area contributed by atoms with Crippen molar-refractivity contribution in [2.24, 2.45) is 0 Å². The van der Waals surface area contributed by atoms with Gasteiger partial charge in [0.25, 0.3) is 0 Å². The number of fused-ring (bicyclic) bond motifs is 1. The lowest BCUT2D eigenvalue weighted by atomic mass is 10.1. The van der Waals surface area contributed by atoms with Crippen molar-refractivity contribution in [3.05, 3.63) is 53.4 Å². The molecule has 0 fully saturated rings. The Morgan fingerprint density at radius 2 is 1.89 bits per heavy atom. The van der Waals surface area contributed by atoms with Crippen LogP contribution in [0.15, 0.2) is 47.8 Å². The molecule has 0 bridgehead atoms. The Hall–Kier alpha value is -2.20. The highest BCUT2D eigenvalue weighted by Gasteiger charge is 2.07. The van der Waals surface area contributed by atoms with Gasteiger partial charge in [0.2, 0.25) is 0 Å². The molecule has 0 aliphatic carbocycles. The average molecular weight is 271 g/mol. The summed E-state index contributed by atoms with van der Waals surface area (Å²) < 4.78 is 6.88. The predicted molar refractivity (Wildman–Crippen MR) is 78.7 cm³/mol. The normalized spacial score (nSPS) is 10.7. The SMILES string of the molecule is Nc1cccc2scc(COc3ccc(O)cc3)c12. The summed E-state index contributed by atoms with van der Waals surface area (Å²) in [5, 5.41) is 12.4. The number of nitrogen functional groups attached to an aromatic ring is 1. The molecule has 0 radical (unpaired) electrons. The third kappa shape index (κ3) is 2.35. The van der Waals surface area contributed by atoms with E-state index in [-0.39, 0.29) is 5.75 Å². The van der Waals surface area contributed by atoms with Crippen molar-refractivity contribution in [1.29, 1.82) is 0 Å². The molecule has 1 heterocycles. The number of hydrogen-bond donors (Lipinski definition) is 2. The van der Waals surface area contributed by atoms with Crippen molar-refractivity contribution in [3.8, 4) is 11.5 Å². The number of benzene rings is 2. The Morgan fingerprint density at radius 3 is 2.68 bits per heavy atom. The summed E-state index contributed by atoms with van der Waals surface area (Å²) in [5.41, 5.74) is 7.88. The van der Waals surface area contributed by atoms with Crippen LogP contribution in [0.1, 0.15) is 5.56 Å². The number of phenols is 1. The minimum absolute atomic E-state index is 0.234. The second kappa shape index (κ2) is 4.82. The first-order chi connectivity index (χ1) is 9.24. The largest absolute Gasteiger partial charge is 0.508 e. The lowest BCUT2D eigenvalue weighted by Crippen LogP contribution is -1.95. The molecule has 3 N–H and O–H groups in total. The minimum atomic E-state index is 0.234. The zero-order chi connectivity index (χ0) is 13.2. The molecule has 4 heteroatoms. The van der Waals surface area contributed by atoms with Gasteiger partial charge < -0.3 is 15.6 Å². The third-order valence-corrected chi connectivity index (χ3v) is 3.94. The van der Waals surface area contributed by atoms with E-state index in [1.54, 1.807) is 35.6 Å². The van der Waals surface area contributed by atoms with Gasteiger partial charge in [-0.25, -0.2) is 0 Å². The van der Waals surface area contributed by atoms with Gasteiger partial charge >= 0.3 is 0 Å². The van der Waals surface area contributed by atoms with Crippen molar-refractivity contribution >= 4 is 27.1 Å². The van der Waals surface area contributed by atoms with E-state index in [4.69, 9.17) is 10.5 Å². The Morgan fingerprint density at radius 1 is 1.11 bits per heavy atom. The molecule has 0 saturated carbocycles. The van der Waals surface area contributed by atoms with E-state index in [0.717, 1.165) is 22.4 Å². The Kier molecular flexibility index (Phi) is 3.01. The number of aromatic hydroxyl groups is 1. The van der Waals surface area contributed by atoms with Crippen LogP contribution >= 0.6 is 11.3 Å². The summed E-state index contributed by atoms with van der Waals surface area (Å²) in [5.74, 6) is 0.962. The summed E-state index contributed by atoms with van der Waals surface area (Å²) in [6.07, 6.45) is 0. The number of rotatable bonds is 3. The van der Waals surface area contributed by atoms with Crippen molar-refractivity contribution in [3.63, 3.8) is 0 Å². The van der Waals surface area contributed by atoms with E-state index >= 15 is 0 Å². The van der Waals surface area contributed by atoms with E-state index < -0.39 is 0 Å². The van der Waals surface area contributed by atoms with Crippen molar-refractivity contribution < 1.29 is 9.84 Å². The first-order valence-electron chi connectivity index (χ1n) is 5.90. The van der Waals surface area contributed by atoms with Gasteiger partial charge in [0.1, 0.15) is 18.1 Å². The fraction of sp³-hybridized carbons (Fsp3) is 0.0667. The number of hydrogen-bond acceptors (Lipinski definition) is 4. The highest BCUT2D eigenvalue weighted by molar-refractivity contribution is 7.17. The molecular weight excluding hydrogens is 258 g/mol. The molecule has 0 unspecified atom stereocenters. The first-order valence-corrected chi connectivity index (χ1v) is 6.78. The lowest BCUT2D eigenvalue weighted by molar-refractivity contribution is 0.307. The summed E-state index contributed by atoms with van der Waals surface area (Å²) in [4.78, 5) is 0. The summed E-state index contributed by atoms with van der Waals surface area (Å²) >= 11 is 1.67. The van der Waals surface area contributed by atoms with Gasteiger partial charge in [-0.2, -0.15) is 0 Å².